The summed E-state index contributed by atoms with van der Waals surface area (Å²) in [5.74, 6) is -0.198. The zero-order valence-corrected chi connectivity index (χ0v) is 30.9. The van der Waals surface area contributed by atoms with E-state index in [0.717, 1.165) is 63.7 Å². The number of halogens is 1. The van der Waals surface area contributed by atoms with E-state index >= 15 is 4.79 Å². The lowest BCUT2D eigenvalue weighted by Gasteiger charge is -2.43. The highest BCUT2D eigenvalue weighted by Gasteiger charge is 2.51. The van der Waals surface area contributed by atoms with Crippen LogP contribution in [-0.4, -0.2) is 131 Å². The minimum Gasteiger partial charge on any atom is -0.368 e. The predicted molar refractivity (Wildman–Crippen MR) is 189 cm³/mol. The maximum atomic E-state index is 15.0. The Hall–Kier alpha value is -2.20. The summed E-state index contributed by atoms with van der Waals surface area (Å²) >= 11 is 6.28. The first-order valence-electron chi connectivity index (χ1n) is 18.4. The first-order valence-corrected chi connectivity index (χ1v) is 18.8. The number of hydrogen-bond donors (Lipinski definition) is 0. The van der Waals surface area contributed by atoms with E-state index in [0.29, 0.717) is 44.2 Å². The van der Waals surface area contributed by atoms with Gasteiger partial charge in [0.15, 0.2) is 0 Å². The van der Waals surface area contributed by atoms with Gasteiger partial charge in [-0.2, -0.15) is 0 Å². The summed E-state index contributed by atoms with van der Waals surface area (Å²) in [5.41, 5.74) is 1.24. The summed E-state index contributed by atoms with van der Waals surface area (Å²) in [6.45, 7) is 16.6. The van der Waals surface area contributed by atoms with Crippen molar-refractivity contribution in [3.8, 4) is 0 Å². The Kier molecular flexibility index (Phi) is 10.5. The maximum absolute atomic E-state index is 15.0. The highest BCUT2D eigenvalue weighted by atomic mass is 35.5. The van der Waals surface area contributed by atoms with Gasteiger partial charge in [0, 0.05) is 74.9 Å². The van der Waals surface area contributed by atoms with Crippen LogP contribution in [0.25, 0.3) is 0 Å². The van der Waals surface area contributed by atoms with Crippen molar-refractivity contribution in [2.24, 2.45) is 11.3 Å². The molecule has 266 valence electrons. The fourth-order valence-electron chi connectivity index (χ4n) is 8.85. The monoisotopic (exact) mass is 683 g/mol. The zero-order chi connectivity index (χ0) is 34.4. The lowest BCUT2D eigenvalue weighted by atomic mass is 9.75. The van der Waals surface area contributed by atoms with Crippen LogP contribution in [0.1, 0.15) is 91.0 Å². The Balaban J connectivity index is 1.33. The Labute approximate surface area is 293 Å². The predicted octanol–water partition coefficient (Wildman–Crippen LogP) is 4.87. The fourth-order valence-corrected chi connectivity index (χ4v) is 8.98. The molecule has 1 aliphatic carbocycles. The molecule has 0 unspecified atom stereocenters. The average Bonchev–Trinajstić information content (AvgIpc) is 3.82. The SMILES string of the molecule is CN1CCN(C(=O)[C@H]2C[C@H](N(C(=O)[C@@H]3CCCO3)C3CCC(C)(C)CC3)CN2C(=O)[C@H]2CN(C(C)(C)C)C[C@H]2c2ccc(Cl)cc2)CC1. The topological polar surface area (TPSA) is 76.6 Å². The van der Waals surface area contributed by atoms with Gasteiger partial charge < -0.3 is 24.3 Å². The van der Waals surface area contributed by atoms with E-state index in [-0.39, 0.29) is 52.6 Å². The highest BCUT2D eigenvalue weighted by molar-refractivity contribution is 6.30. The van der Waals surface area contributed by atoms with Crippen LogP contribution in [0.5, 0.6) is 0 Å². The molecule has 5 fully saturated rings. The second-order valence-electron chi connectivity index (χ2n) is 17.0. The maximum Gasteiger partial charge on any atom is 0.252 e. The number of nitrogens with zero attached hydrogens (tertiary/aromatic N) is 5. The van der Waals surface area contributed by atoms with E-state index in [1.54, 1.807) is 0 Å². The number of likely N-dealkylation sites (N-methyl/N-ethyl adjacent to an activating group) is 1. The molecule has 0 N–H and O–H groups in total. The molecule has 4 aliphatic heterocycles. The van der Waals surface area contributed by atoms with Gasteiger partial charge in [-0.05, 0) is 95.9 Å². The average molecular weight is 684 g/mol. The van der Waals surface area contributed by atoms with Gasteiger partial charge in [-0.3, -0.25) is 19.3 Å². The van der Waals surface area contributed by atoms with Crippen LogP contribution in [0.3, 0.4) is 0 Å². The summed E-state index contributed by atoms with van der Waals surface area (Å²) in [7, 11) is 2.08. The van der Waals surface area contributed by atoms with Crippen LogP contribution in [0, 0.1) is 11.3 Å². The molecule has 1 aromatic carbocycles. The lowest BCUT2D eigenvalue weighted by molar-refractivity contribution is -0.148. The fraction of sp³-hybridized carbons (Fsp3) is 0.763. The van der Waals surface area contributed by atoms with E-state index in [4.69, 9.17) is 16.3 Å². The quantitative estimate of drug-likeness (QED) is 0.426. The van der Waals surface area contributed by atoms with Gasteiger partial charge in [0.25, 0.3) is 5.91 Å². The summed E-state index contributed by atoms with van der Waals surface area (Å²) in [5, 5.41) is 0.676. The second-order valence-corrected chi connectivity index (χ2v) is 17.4. The van der Waals surface area contributed by atoms with Crippen molar-refractivity contribution in [2.75, 3.05) is 59.5 Å². The molecular weight excluding hydrogens is 626 g/mol. The Bertz CT molecular complexity index is 1310. The van der Waals surface area contributed by atoms with E-state index < -0.39 is 12.1 Å². The molecule has 48 heavy (non-hydrogen) atoms. The van der Waals surface area contributed by atoms with Gasteiger partial charge in [0.05, 0.1) is 12.0 Å². The third-order valence-electron chi connectivity index (χ3n) is 12.1. The number of rotatable bonds is 6. The smallest absolute Gasteiger partial charge is 0.252 e. The van der Waals surface area contributed by atoms with Crippen LogP contribution in [-0.2, 0) is 19.1 Å². The molecule has 0 radical (unpaired) electrons. The molecule has 0 aromatic heterocycles. The molecule has 6 rings (SSSR count). The Morgan fingerprint density at radius 2 is 1.56 bits per heavy atom. The minimum atomic E-state index is -0.583. The van der Waals surface area contributed by atoms with Gasteiger partial charge in [0.1, 0.15) is 12.1 Å². The third kappa shape index (κ3) is 7.59. The first-order chi connectivity index (χ1) is 22.7. The minimum absolute atomic E-state index is 0.0161. The van der Waals surface area contributed by atoms with Crippen LogP contribution < -0.4 is 0 Å². The van der Waals surface area contributed by atoms with Crippen molar-refractivity contribution in [1.29, 1.82) is 0 Å². The number of piperazine rings is 1. The Morgan fingerprint density at radius 3 is 2.17 bits per heavy atom. The van der Waals surface area contributed by atoms with Crippen molar-refractivity contribution in [1.82, 2.24) is 24.5 Å². The van der Waals surface area contributed by atoms with Gasteiger partial charge >= 0.3 is 0 Å². The molecule has 0 bridgehead atoms. The molecule has 0 spiro atoms. The van der Waals surface area contributed by atoms with Crippen molar-refractivity contribution in [3.63, 3.8) is 0 Å². The van der Waals surface area contributed by atoms with Crippen LogP contribution in [0.2, 0.25) is 5.02 Å². The normalized spacial score (nSPS) is 30.6. The van der Waals surface area contributed by atoms with E-state index in [1.807, 2.05) is 34.1 Å². The number of carbonyl (C=O) groups excluding carboxylic acids is 3. The standard InChI is InChI=1S/C38H58ClN5O4/c1-37(2,3)42-24-30(26-9-11-27(39)12-10-26)31(25-42)34(45)43-23-29(22-32(43)35(46)41-19-17-40(6)18-20-41)44(36(47)33-8-7-21-48-33)28-13-15-38(4,5)16-14-28/h9-12,28-33H,7-8,13-25H2,1-6H3/t29-,30-,31-,32+,33-/m0/s1. The molecule has 10 heteroatoms. The lowest BCUT2D eigenvalue weighted by Crippen LogP contribution is -2.54. The van der Waals surface area contributed by atoms with E-state index in [1.165, 1.54) is 0 Å². The second kappa shape index (κ2) is 14.2. The van der Waals surface area contributed by atoms with Gasteiger partial charge in [0.2, 0.25) is 11.8 Å². The molecule has 5 atom stereocenters. The number of benzene rings is 1. The summed E-state index contributed by atoms with van der Waals surface area (Å²) in [6.07, 6.45) is 5.67. The number of carbonyl (C=O) groups is 3. The molecule has 5 aliphatic rings. The molecule has 4 heterocycles. The number of ether oxygens (including phenoxy) is 1. The van der Waals surface area contributed by atoms with Gasteiger partial charge in [-0.1, -0.05) is 37.6 Å². The summed E-state index contributed by atoms with van der Waals surface area (Å²) in [6, 6.07) is 7.21. The highest BCUT2D eigenvalue weighted by Crippen LogP contribution is 2.42. The summed E-state index contributed by atoms with van der Waals surface area (Å²) in [4.78, 5) is 54.4. The molecule has 9 nitrogen and oxygen atoms in total. The van der Waals surface area contributed by atoms with Gasteiger partial charge in [-0.15, -0.1) is 0 Å². The van der Waals surface area contributed by atoms with Gasteiger partial charge in [-0.25, -0.2) is 0 Å². The van der Waals surface area contributed by atoms with E-state index in [9.17, 15) is 9.59 Å². The van der Waals surface area contributed by atoms with Crippen molar-refractivity contribution in [2.45, 2.75) is 115 Å². The first kappa shape index (κ1) is 35.6. The Morgan fingerprint density at radius 1 is 0.896 bits per heavy atom. The van der Waals surface area contributed by atoms with Crippen LogP contribution >= 0.6 is 11.6 Å². The van der Waals surface area contributed by atoms with Crippen LogP contribution in [0.4, 0.5) is 0 Å². The molecule has 1 saturated carbocycles. The largest absolute Gasteiger partial charge is 0.368 e. The zero-order valence-electron chi connectivity index (χ0n) is 30.1. The van der Waals surface area contributed by atoms with Crippen molar-refractivity contribution in [3.05, 3.63) is 34.9 Å². The van der Waals surface area contributed by atoms with E-state index in [2.05, 4.69) is 56.4 Å². The van der Waals surface area contributed by atoms with Crippen LogP contribution in [0.15, 0.2) is 24.3 Å². The summed E-state index contributed by atoms with van der Waals surface area (Å²) < 4.78 is 5.97. The molecular formula is C38H58ClN5O4. The molecule has 1 aromatic rings. The van der Waals surface area contributed by atoms with Crippen molar-refractivity contribution >= 4 is 29.3 Å². The number of likely N-dealkylation sites (tertiary alicyclic amines) is 2. The molecule has 4 saturated heterocycles. The third-order valence-corrected chi connectivity index (χ3v) is 12.4. The molecule has 3 amide bonds. The van der Waals surface area contributed by atoms with Crippen molar-refractivity contribution < 1.29 is 19.1 Å². The number of amides is 3. The number of hydrogen-bond acceptors (Lipinski definition) is 6.